The van der Waals surface area contributed by atoms with Gasteiger partial charge in [-0.1, -0.05) is 12.1 Å². The minimum atomic E-state index is 0.402. The number of benzene rings is 1. The van der Waals surface area contributed by atoms with E-state index >= 15 is 0 Å². The van der Waals surface area contributed by atoms with Crippen LogP contribution in [0.1, 0.15) is 6.92 Å². The molecule has 0 aliphatic carbocycles. The average Bonchev–Trinajstić information content (AvgIpc) is 2.43. The van der Waals surface area contributed by atoms with Gasteiger partial charge < -0.3 is 20.5 Å². The molecule has 0 bridgehead atoms. The molecule has 0 unspecified atom stereocenters. The lowest BCUT2D eigenvalue weighted by Gasteiger charge is -2.12. The summed E-state index contributed by atoms with van der Waals surface area (Å²) in [5.41, 5.74) is 7.09. The molecular weight excluding hydrogens is 242 g/mol. The van der Waals surface area contributed by atoms with Gasteiger partial charge in [0.1, 0.15) is 11.6 Å². The highest BCUT2D eigenvalue weighted by molar-refractivity contribution is 5.65. The predicted molar refractivity (Wildman–Crippen MR) is 76.1 cm³/mol. The summed E-state index contributed by atoms with van der Waals surface area (Å²) in [6, 6.07) is 11.2. The molecule has 0 aliphatic rings. The van der Waals surface area contributed by atoms with E-state index in [1.165, 1.54) is 7.11 Å². The average molecular weight is 259 g/mol. The van der Waals surface area contributed by atoms with E-state index in [9.17, 15) is 0 Å². The van der Waals surface area contributed by atoms with E-state index < -0.39 is 0 Å². The van der Waals surface area contributed by atoms with Gasteiger partial charge >= 0.3 is 0 Å². The first kappa shape index (κ1) is 13.0. The van der Waals surface area contributed by atoms with Crippen molar-refractivity contribution in [2.75, 3.05) is 24.8 Å². The smallest absolute Gasteiger partial charge is 0.238 e. The van der Waals surface area contributed by atoms with E-state index in [1.807, 2.05) is 31.2 Å². The number of ether oxygens (including phenoxy) is 2. The third-order valence-electron chi connectivity index (χ3n) is 2.53. The fourth-order valence-electron chi connectivity index (χ4n) is 1.67. The molecule has 0 aliphatic heterocycles. The van der Waals surface area contributed by atoms with Gasteiger partial charge in [0.25, 0.3) is 0 Å². The summed E-state index contributed by atoms with van der Waals surface area (Å²) in [5, 5.41) is 3.19. The Morgan fingerprint density at radius 2 is 2.00 bits per heavy atom. The maximum absolute atomic E-state index is 5.73. The molecule has 1 aromatic heterocycles. The molecule has 19 heavy (non-hydrogen) atoms. The SMILES string of the molecule is CCOc1ccccc1Nc1ccc(N)c(OC)n1. The summed E-state index contributed by atoms with van der Waals surface area (Å²) < 4.78 is 10.6. The third kappa shape index (κ3) is 3.07. The van der Waals surface area contributed by atoms with Crippen LogP contribution in [0.3, 0.4) is 0 Å². The second-order valence-electron chi connectivity index (χ2n) is 3.85. The van der Waals surface area contributed by atoms with E-state index in [1.54, 1.807) is 12.1 Å². The molecule has 0 amide bonds. The van der Waals surface area contributed by atoms with Gasteiger partial charge in [0.2, 0.25) is 5.88 Å². The highest BCUT2D eigenvalue weighted by Crippen LogP contribution is 2.28. The lowest BCUT2D eigenvalue weighted by atomic mass is 10.3. The van der Waals surface area contributed by atoms with Crippen LogP contribution in [0.2, 0.25) is 0 Å². The van der Waals surface area contributed by atoms with E-state index in [-0.39, 0.29) is 0 Å². The van der Waals surface area contributed by atoms with E-state index in [0.29, 0.717) is 24.0 Å². The normalized spacial score (nSPS) is 10.0. The molecule has 0 saturated heterocycles. The van der Waals surface area contributed by atoms with Crippen molar-refractivity contribution < 1.29 is 9.47 Å². The highest BCUT2D eigenvalue weighted by Gasteiger charge is 2.06. The van der Waals surface area contributed by atoms with Crippen LogP contribution in [0.5, 0.6) is 11.6 Å². The number of nitrogens with two attached hydrogens (primary N) is 1. The lowest BCUT2D eigenvalue weighted by molar-refractivity contribution is 0.342. The maximum atomic E-state index is 5.73. The van der Waals surface area contributed by atoms with Crippen molar-refractivity contribution in [3.8, 4) is 11.6 Å². The fraction of sp³-hybridized carbons (Fsp3) is 0.214. The Morgan fingerprint density at radius 3 is 2.74 bits per heavy atom. The van der Waals surface area contributed by atoms with Crippen LogP contribution in [0.25, 0.3) is 0 Å². The summed E-state index contributed by atoms with van der Waals surface area (Å²) in [7, 11) is 1.54. The number of aromatic nitrogens is 1. The number of nitrogens with one attached hydrogen (secondary N) is 1. The van der Waals surface area contributed by atoms with Crippen molar-refractivity contribution in [2.24, 2.45) is 0 Å². The number of para-hydroxylation sites is 2. The van der Waals surface area contributed by atoms with Gasteiger partial charge in [0.15, 0.2) is 0 Å². The summed E-state index contributed by atoms with van der Waals surface area (Å²) in [6.45, 7) is 2.55. The molecule has 5 nitrogen and oxygen atoms in total. The number of nitrogens with zero attached hydrogens (tertiary/aromatic N) is 1. The number of nitrogen functional groups attached to an aromatic ring is 1. The predicted octanol–water partition coefficient (Wildman–Crippen LogP) is 2.81. The van der Waals surface area contributed by atoms with Crippen LogP contribution in [0, 0.1) is 0 Å². The van der Waals surface area contributed by atoms with E-state index in [2.05, 4.69) is 10.3 Å². The van der Waals surface area contributed by atoms with Gasteiger partial charge in [-0.3, -0.25) is 0 Å². The first-order chi connectivity index (χ1) is 9.24. The van der Waals surface area contributed by atoms with Crippen molar-refractivity contribution in [1.29, 1.82) is 0 Å². The zero-order chi connectivity index (χ0) is 13.7. The lowest BCUT2D eigenvalue weighted by Crippen LogP contribution is -2.01. The Hall–Kier alpha value is -2.43. The van der Waals surface area contributed by atoms with Gasteiger partial charge in [-0.2, -0.15) is 4.98 Å². The van der Waals surface area contributed by atoms with Crippen molar-refractivity contribution in [2.45, 2.75) is 6.92 Å². The molecular formula is C14H17N3O2. The summed E-state index contributed by atoms with van der Waals surface area (Å²) >= 11 is 0. The topological polar surface area (TPSA) is 69.4 Å². The van der Waals surface area contributed by atoms with Gasteiger partial charge in [0.05, 0.1) is 25.1 Å². The molecule has 100 valence electrons. The first-order valence-electron chi connectivity index (χ1n) is 6.04. The Balaban J connectivity index is 2.26. The molecule has 5 heteroatoms. The Morgan fingerprint density at radius 1 is 1.21 bits per heavy atom. The molecule has 1 heterocycles. The van der Waals surface area contributed by atoms with E-state index in [4.69, 9.17) is 15.2 Å². The standard InChI is InChI=1S/C14H17N3O2/c1-3-19-12-7-5-4-6-11(12)16-13-9-8-10(15)14(17-13)18-2/h4-9H,3,15H2,1-2H3,(H,16,17). The zero-order valence-electron chi connectivity index (χ0n) is 11.0. The van der Waals surface area contributed by atoms with Gasteiger partial charge in [-0.05, 0) is 31.2 Å². The van der Waals surface area contributed by atoms with E-state index in [0.717, 1.165) is 11.4 Å². The molecule has 0 spiro atoms. The minimum Gasteiger partial charge on any atom is -0.492 e. The minimum absolute atomic E-state index is 0.402. The monoisotopic (exact) mass is 259 g/mol. The molecule has 0 atom stereocenters. The highest BCUT2D eigenvalue weighted by atomic mass is 16.5. The second kappa shape index (κ2) is 5.95. The second-order valence-corrected chi connectivity index (χ2v) is 3.85. The quantitative estimate of drug-likeness (QED) is 0.864. The number of rotatable bonds is 5. The largest absolute Gasteiger partial charge is 0.492 e. The molecule has 0 fully saturated rings. The molecule has 0 saturated carbocycles. The van der Waals surface area contributed by atoms with Crippen LogP contribution in [0.4, 0.5) is 17.2 Å². The number of pyridine rings is 1. The number of anilines is 3. The first-order valence-corrected chi connectivity index (χ1v) is 6.04. The van der Waals surface area contributed by atoms with Crippen LogP contribution in [0.15, 0.2) is 36.4 Å². The van der Waals surface area contributed by atoms with Crippen molar-refractivity contribution >= 4 is 17.2 Å². The summed E-state index contributed by atoms with van der Waals surface area (Å²) in [6.07, 6.45) is 0. The maximum Gasteiger partial charge on any atom is 0.238 e. The van der Waals surface area contributed by atoms with Crippen LogP contribution in [-0.4, -0.2) is 18.7 Å². The van der Waals surface area contributed by atoms with Crippen molar-refractivity contribution in [1.82, 2.24) is 4.98 Å². The molecule has 1 aromatic carbocycles. The summed E-state index contributed by atoms with van der Waals surface area (Å²) in [4.78, 5) is 4.27. The van der Waals surface area contributed by atoms with Crippen molar-refractivity contribution in [3.63, 3.8) is 0 Å². The molecule has 2 rings (SSSR count). The van der Waals surface area contributed by atoms with Gasteiger partial charge in [-0.25, -0.2) is 0 Å². The van der Waals surface area contributed by atoms with Crippen molar-refractivity contribution in [3.05, 3.63) is 36.4 Å². The molecule has 3 N–H and O–H groups in total. The van der Waals surface area contributed by atoms with Crippen LogP contribution < -0.4 is 20.5 Å². The Bertz CT molecular complexity index is 558. The van der Waals surface area contributed by atoms with Gasteiger partial charge in [-0.15, -0.1) is 0 Å². The molecule has 2 aromatic rings. The third-order valence-corrected chi connectivity index (χ3v) is 2.53. The zero-order valence-corrected chi connectivity index (χ0v) is 11.0. The Kier molecular flexibility index (Phi) is 4.07. The molecule has 0 radical (unpaired) electrons. The number of methoxy groups -OCH3 is 1. The van der Waals surface area contributed by atoms with Gasteiger partial charge in [0, 0.05) is 0 Å². The number of hydrogen-bond acceptors (Lipinski definition) is 5. The van der Waals surface area contributed by atoms with Crippen LogP contribution in [-0.2, 0) is 0 Å². The van der Waals surface area contributed by atoms with Crippen LogP contribution >= 0.6 is 0 Å². The summed E-state index contributed by atoms with van der Waals surface area (Å²) in [5.74, 6) is 1.83. The Labute approximate surface area is 112 Å². The fourth-order valence-corrected chi connectivity index (χ4v) is 1.67. The number of hydrogen-bond donors (Lipinski definition) is 2.